The topological polar surface area (TPSA) is 77.0 Å². The molecule has 1 saturated carbocycles. The lowest BCUT2D eigenvalue weighted by atomic mass is 9.87. The Morgan fingerprint density at radius 2 is 2.33 bits per heavy atom. The Balaban J connectivity index is 2.02. The number of aromatic nitrogens is 2. The van der Waals surface area contributed by atoms with Crippen molar-refractivity contribution in [3.8, 4) is 0 Å². The van der Waals surface area contributed by atoms with E-state index in [2.05, 4.69) is 29.4 Å². The van der Waals surface area contributed by atoms with Crippen molar-refractivity contribution in [2.75, 3.05) is 5.32 Å². The summed E-state index contributed by atoms with van der Waals surface area (Å²) in [5.41, 5.74) is 5.70. The number of hydrogen-bond acceptors (Lipinski definition) is 5. The molecular weight excluding hydrogens is 192 g/mol. The van der Waals surface area contributed by atoms with Crippen molar-refractivity contribution in [3.05, 3.63) is 5.89 Å². The Morgan fingerprint density at radius 1 is 1.53 bits per heavy atom. The summed E-state index contributed by atoms with van der Waals surface area (Å²) >= 11 is 0. The summed E-state index contributed by atoms with van der Waals surface area (Å²) in [7, 11) is 0. The normalized spacial score (nSPS) is 24.3. The molecule has 1 aromatic heterocycles. The van der Waals surface area contributed by atoms with E-state index >= 15 is 0 Å². The largest absolute Gasteiger partial charge is 0.407 e. The van der Waals surface area contributed by atoms with Crippen molar-refractivity contribution in [1.29, 1.82) is 0 Å². The van der Waals surface area contributed by atoms with E-state index in [0.29, 0.717) is 29.9 Å². The van der Waals surface area contributed by atoms with Gasteiger partial charge in [0.1, 0.15) is 0 Å². The number of hydrogen-bond donors (Lipinski definition) is 2. The molecule has 1 unspecified atom stereocenters. The standard InChI is InChI=1S/C10H18N4O/c1-10(2)5-3-4-7(10)12-9-14-13-8(6-11)15-9/h7H,3-6,11H2,1-2H3,(H,12,14). The number of nitrogens with one attached hydrogen (secondary N) is 1. The van der Waals surface area contributed by atoms with Crippen LogP contribution in [0.1, 0.15) is 39.0 Å². The van der Waals surface area contributed by atoms with Crippen LogP contribution < -0.4 is 11.1 Å². The van der Waals surface area contributed by atoms with Gasteiger partial charge in [-0.25, -0.2) is 0 Å². The number of rotatable bonds is 3. The highest BCUT2D eigenvalue weighted by Crippen LogP contribution is 2.38. The van der Waals surface area contributed by atoms with Crippen molar-refractivity contribution < 1.29 is 4.42 Å². The van der Waals surface area contributed by atoms with Crippen molar-refractivity contribution in [3.63, 3.8) is 0 Å². The van der Waals surface area contributed by atoms with Gasteiger partial charge in [0.2, 0.25) is 5.89 Å². The molecule has 3 N–H and O–H groups in total. The number of nitrogens with zero attached hydrogens (tertiary/aromatic N) is 2. The van der Waals surface area contributed by atoms with Crippen LogP contribution in [-0.2, 0) is 6.54 Å². The summed E-state index contributed by atoms with van der Waals surface area (Å²) in [5, 5.41) is 11.0. The highest BCUT2D eigenvalue weighted by molar-refractivity contribution is 5.22. The van der Waals surface area contributed by atoms with Gasteiger partial charge in [-0.2, -0.15) is 0 Å². The third kappa shape index (κ3) is 2.12. The van der Waals surface area contributed by atoms with Crippen molar-refractivity contribution >= 4 is 6.01 Å². The minimum Gasteiger partial charge on any atom is -0.407 e. The van der Waals surface area contributed by atoms with Crippen LogP contribution in [0, 0.1) is 5.41 Å². The predicted molar refractivity (Wildman–Crippen MR) is 57.2 cm³/mol. The van der Waals surface area contributed by atoms with Crippen LogP contribution >= 0.6 is 0 Å². The SMILES string of the molecule is CC1(C)CCCC1Nc1nnc(CN)o1. The molecule has 2 rings (SSSR count). The first-order valence-corrected chi connectivity index (χ1v) is 5.41. The number of nitrogens with two attached hydrogens (primary N) is 1. The van der Waals surface area contributed by atoms with E-state index in [9.17, 15) is 0 Å². The van der Waals surface area contributed by atoms with E-state index in [1.165, 1.54) is 12.8 Å². The quantitative estimate of drug-likeness (QED) is 0.791. The Morgan fingerprint density at radius 3 is 2.87 bits per heavy atom. The van der Waals surface area contributed by atoms with Crippen molar-refractivity contribution in [2.45, 2.75) is 45.7 Å². The van der Waals surface area contributed by atoms with Crippen LogP contribution in [-0.4, -0.2) is 16.2 Å². The molecule has 0 radical (unpaired) electrons. The van der Waals surface area contributed by atoms with Gasteiger partial charge in [0, 0.05) is 6.04 Å². The smallest absolute Gasteiger partial charge is 0.315 e. The van der Waals surface area contributed by atoms with E-state index < -0.39 is 0 Å². The van der Waals surface area contributed by atoms with Gasteiger partial charge < -0.3 is 15.5 Å². The molecule has 0 aromatic carbocycles. The highest BCUT2D eigenvalue weighted by atomic mass is 16.4. The van der Waals surface area contributed by atoms with Crippen LogP contribution in [0.15, 0.2) is 4.42 Å². The summed E-state index contributed by atoms with van der Waals surface area (Å²) in [6.45, 7) is 4.82. The molecule has 1 aliphatic rings. The van der Waals surface area contributed by atoms with Crippen LogP contribution in [0.25, 0.3) is 0 Å². The molecular formula is C10H18N4O. The van der Waals surface area contributed by atoms with E-state index in [0.717, 1.165) is 6.42 Å². The van der Waals surface area contributed by atoms with Crippen molar-refractivity contribution in [1.82, 2.24) is 10.2 Å². The molecule has 1 atom stereocenters. The molecule has 1 fully saturated rings. The number of anilines is 1. The third-order valence-electron chi connectivity index (χ3n) is 3.20. The van der Waals surface area contributed by atoms with Gasteiger partial charge in [-0.15, -0.1) is 5.10 Å². The van der Waals surface area contributed by atoms with Crippen molar-refractivity contribution in [2.24, 2.45) is 11.1 Å². The summed E-state index contributed by atoms with van der Waals surface area (Å²) in [5.74, 6) is 0.480. The first-order chi connectivity index (χ1) is 7.12. The zero-order valence-corrected chi connectivity index (χ0v) is 9.29. The molecule has 1 heterocycles. The van der Waals surface area contributed by atoms with E-state index in [-0.39, 0.29) is 0 Å². The Labute approximate surface area is 89.4 Å². The molecule has 1 aromatic rings. The maximum Gasteiger partial charge on any atom is 0.315 e. The Hall–Kier alpha value is -1.10. The molecule has 0 bridgehead atoms. The molecule has 1 aliphatic carbocycles. The monoisotopic (exact) mass is 210 g/mol. The molecule has 0 spiro atoms. The lowest BCUT2D eigenvalue weighted by Crippen LogP contribution is -2.30. The summed E-state index contributed by atoms with van der Waals surface area (Å²) in [6, 6.07) is 0.916. The molecule has 15 heavy (non-hydrogen) atoms. The first kappa shape index (κ1) is 10.4. The zero-order chi connectivity index (χ0) is 10.9. The summed E-state index contributed by atoms with van der Waals surface area (Å²) in [4.78, 5) is 0. The van der Waals surface area contributed by atoms with E-state index in [1.54, 1.807) is 0 Å². The Bertz CT molecular complexity index is 334. The summed E-state index contributed by atoms with van der Waals surface area (Å²) in [6.07, 6.45) is 3.65. The second-order valence-electron chi connectivity index (χ2n) is 4.78. The lowest BCUT2D eigenvalue weighted by molar-refractivity contribution is 0.343. The predicted octanol–water partition coefficient (Wildman–Crippen LogP) is 1.52. The molecule has 0 aliphatic heterocycles. The van der Waals surface area contributed by atoms with Gasteiger partial charge in [-0.1, -0.05) is 25.4 Å². The van der Waals surface area contributed by atoms with Crippen LogP contribution in [0.3, 0.4) is 0 Å². The second-order valence-corrected chi connectivity index (χ2v) is 4.78. The molecule has 5 heteroatoms. The highest BCUT2D eigenvalue weighted by Gasteiger charge is 2.35. The van der Waals surface area contributed by atoms with Gasteiger partial charge in [0.15, 0.2) is 0 Å². The third-order valence-corrected chi connectivity index (χ3v) is 3.20. The first-order valence-electron chi connectivity index (χ1n) is 5.41. The minimum atomic E-state index is 0.294. The van der Waals surface area contributed by atoms with Gasteiger partial charge in [-0.3, -0.25) is 0 Å². The van der Waals surface area contributed by atoms with E-state index in [1.807, 2.05) is 0 Å². The zero-order valence-electron chi connectivity index (χ0n) is 9.29. The van der Waals surface area contributed by atoms with Crippen LogP contribution in [0.2, 0.25) is 0 Å². The fraction of sp³-hybridized carbons (Fsp3) is 0.800. The average molecular weight is 210 g/mol. The van der Waals surface area contributed by atoms with Gasteiger partial charge in [0.25, 0.3) is 0 Å². The molecule has 0 saturated heterocycles. The fourth-order valence-corrected chi connectivity index (χ4v) is 2.14. The van der Waals surface area contributed by atoms with E-state index in [4.69, 9.17) is 10.2 Å². The maximum atomic E-state index is 5.40. The second kappa shape index (κ2) is 3.81. The van der Waals surface area contributed by atoms with Crippen LogP contribution in [0.5, 0.6) is 0 Å². The van der Waals surface area contributed by atoms with Gasteiger partial charge >= 0.3 is 6.01 Å². The average Bonchev–Trinajstić information content (AvgIpc) is 2.75. The molecule has 5 nitrogen and oxygen atoms in total. The minimum absolute atomic E-state index is 0.294. The molecule has 84 valence electrons. The Kier molecular flexibility index (Phi) is 2.65. The maximum absolute atomic E-state index is 5.40. The van der Waals surface area contributed by atoms with Gasteiger partial charge in [-0.05, 0) is 18.3 Å². The fourth-order valence-electron chi connectivity index (χ4n) is 2.14. The molecule has 0 amide bonds. The van der Waals surface area contributed by atoms with Crippen LogP contribution in [0.4, 0.5) is 6.01 Å². The lowest BCUT2D eigenvalue weighted by Gasteiger charge is -2.26. The van der Waals surface area contributed by atoms with Gasteiger partial charge in [0.05, 0.1) is 6.54 Å². The summed E-state index contributed by atoms with van der Waals surface area (Å²) < 4.78 is 5.33.